The summed E-state index contributed by atoms with van der Waals surface area (Å²) in [5.74, 6) is 1.52. The van der Waals surface area contributed by atoms with E-state index < -0.39 is 0 Å². The summed E-state index contributed by atoms with van der Waals surface area (Å²) in [7, 11) is 0. The standard InChI is InChI=1S/C30H20N6/c1-3-7-27-25(5-1)26-6-2-4-8-28(26)35(27)23-11-9-21(10-12-23)29-33-34-30(22-13-17-31-18-14-22)36(29)24-15-19-32-20-16-24/h1-20H. The van der Waals surface area contributed by atoms with Gasteiger partial charge in [0.2, 0.25) is 0 Å². The van der Waals surface area contributed by atoms with Crippen molar-refractivity contribution < 1.29 is 0 Å². The van der Waals surface area contributed by atoms with E-state index in [1.165, 1.54) is 21.8 Å². The Morgan fingerprint density at radius 1 is 0.417 bits per heavy atom. The van der Waals surface area contributed by atoms with Gasteiger partial charge in [0, 0.05) is 52.4 Å². The van der Waals surface area contributed by atoms with E-state index in [4.69, 9.17) is 0 Å². The first-order chi connectivity index (χ1) is 17.9. The van der Waals surface area contributed by atoms with Gasteiger partial charge in [-0.3, -0.25) is 14.5 Å². The smallest absolute Gasteiger partial charge is 0.168 e. The third kappa shape index (κ3) is 3.20. The second-order valence-electron chi connectivity index (χ2n) is 8.54. The fourth-order valence-corrected chi connectivity index (χ4v) is 4.86. The molecule has 0 aliphatic heterocycles. The van der Waals surface area contributed by atoms with Crippen LogP contribution in [0.3, 0.4) is 0 Å². The lowest BCUT2D eigenvalue weighted by Gasteiger charge is -2.12. The van der Waals surface area contributed by atoms with Gasteiger partial charge >= 0.3 is 0 Å². The monoisotopic (exact) mass is 464 g/mol. The zero-order valence-corrected chi connectivity index (χ0v) is 19.2. The maximum atomic E-state index is 4.60. The van der Waals surface area contributed by atoms with Crippen molar-refractivity contribution in [2.75, 3.05) is 0 Å². The average Bonchev–Trinajstić information content (AvgIpc) is 3.54. The lowest BCUT2D eigenvalue weighted by atomic mass is 10.1. The molecule has 7 rings (SSSR count). The van der Waals surface area contributed by atoms with Gasteiger partial charge in [0.1, 0.15) is 0 Å². The van der Waals surface area contributed by atoms with E-state index in [0.717, 1.165) is 34.2 Å². The largest absolute Gasteiger partial charge is 0.309 e. The molecule has 4 heterocycles. The number of pyridine rings is 2. The summed E-state index contributed by atoms with van der Waals surface area (Å²) in [5.41, 5.74) is 6.34. The molecule has 0 N–H and O–H groups in total. The van der Waals surface area contributed by atoms with Crippen LogP contribution in [0.2, 0.25) is 0 Å². The number of aromatic nitrogens is 6. The van der Waals surface area contributed by atoms with Gasteiger partial charge < -0.3 is 4.57 Å². The average molecular weight is 465 g/mol. The summed E-state index contributed by atoms with van der Waals surface area (Å²) < 4.78 is 4.37. The van der Waals surface area contributed by atoms with Crippen LogP contribution in [0.5, 0.6) is 0 Å². The van der Waals surface area contributed by atoms with Crippen molar-refractivity contribution in [3.63, 3.8) is 0 Å². The number of hydrogen-bond acceptors (Lipinski definition) is 4. The normalized spacial score (nSPS) is 11.3. The van der Waals surface area contributed by atoms with Crippen LogP contribution < -0.4 is 0 Å². The quantitative estimate of drug-likeness (QED) is 0.299. The first kappa shape index (κ1) is 20.3. The van der Waals surface area contributed by atoms with Crippen molar-refractivity contribution in [1.29, 1.82) is 0 Å². The summed E-state index contributed by atoms with van der Waals surface area (Å²) >= 11 is 0. The first-order valence-electron chi connectivity index (χ1n) is 11.7. The Morgan fingerprint density at radius 3 is 1.47 bits per heavy atom. The number of nitrogens with zero attached hydrogens (tertiary/aromatic N) is 6. The Morgan fingerprint density at radius 2 is 0.889 bits per heavy atom. The minimum Gasteiger partial charge on any atom is -0.309 e. The summed E-state index contributed by atoms with van der Waals surface area (Å²) in [6.45, 7) is 0. The highest BCUT2D eigenvalue weighted by atomic mass is 15.3. The molecule has 0 radical (unpaired) electrons. The van der Waals surface area contributed by atoms with E-state index in [1.807, 2.05) is 24.3 Å². The molecular weight excluding hydrogens is 444 g/mol. The van der Waals surface area contributed by atoms with Gasteiger partial charge in [-0.25, -0.2) is 0 Å². The Kier molecular flexibility index (Phi) is 4.67. The van der Waals surface area contributed by atoms with Crippen LogP contribution in [-0.2, 0) is 0 Å². The van der Waals surface area contributed by atoms with Crippen LogP contribution in [-0.4, -0.2) is 29.3 Å². The lowest BCUT2D eigenvalue weighted by Crippen LogP contribution is -2.01. The topological polar surface area (TPSA) is 61.4 Å². The summed E-state index contributed by atoms with van der Waals surface area (Å²) in [6.07, 6.45) is 7.09. The number of para-hydroxylation sites is 2. The molecular formula is C30H20N6. The van der Waals surface area contributed by atoms with Gasteiger partial charge in [0.05, 0.1) is 16.7 Å². The van der Waals surface area contributed by atoms with Gasteiger partial charge in [0.15, 0.2) is 11.6 Å². The van der Waals surface area contributed by atoms with E-state index in [0.29, 0.717) is 0 Å². The molecule has 0 unspecified atom stereocenters. The molecule has 0 spiro atoms. The van der Waals surface area contributed by atoms with E-state index in [9.17, 15) is 0 Å². The van der Waals surface area contributed by atoms with Crippen molar-refractivity contribution >= 4 is 21.8 Å². The fraction of sp³-hybridized carbons (Fsp3) is 0. The lowest BCUT2D eigenvalue weighted by molar-refractivity contribution is 1.06. The zero-order chi connectivity index (χ0) is 23.9. The predicted molar refractivity (Wildman–Crippen MR) is 142 cm³/mol. The molecule has 0 atom stereocenters. The maximum absolute atomic E-state index is 4.60. The molecule has 0 bridgehead atoms. The van der Waals surface area contributed by atoms with Crippen molar-refractivity contribution in [3.05, 3.63) is 122 Å². The Bertz CT molecular complexity index is 1760. The van der Waals surface area contributed by atoms with Crippen molar-refractivity contribution in [1.82, 2.24) is 29.3 Å². The molecule has 6 heteroatoms. The van der Waals surface area contributed by atoms with Crippen LogP contribution in [0.15, 0.2) is 122 Å². The van der Waals surface area contributed by atoms with Gasteiger partial charge in [-0.1, -0.05) is 36.4 Å². The van der Waals surface area contributed by atoms with E-state index >= 15 is 0 Å². The van der Waals surface area contributed by atoms with Crippen LogP contribution in [0.4, 0.5) is 0 Å². The molecule has 0 amide bonds. The number of benzene rings is 3. The summed E-state index contributed by atoms with van der Waals surface area (Å²) in [4.78, 5) is 8.33. The highest BCUT2D eigenvalue weighted by molar-refractivity contribution is 6.09. The van der Waals surface area contributed by atoms with E-state index in [1.54, 1.807) is 24.8 Å². The third-order valence-corrected chi connectivity index (χ3v) is 6.49. The molecule has 0 aliphatic rings. The van der Waals surface area contributed by atoms with Gasteiger partial charge in [0.25, 0.3) is 0 Å². The van der Waals surface area contributed by atoms with Crippen molar-refractivity contribution in [2.24, 2.45) is 0 Å². The molecule has 0 saturated heterocycles. The third-order valence-electron chi connectivity index (χ3n) is 6.49. The number of fused-ring (bicyclic) bond motifs is 3. The molecule has 170 valence electrons. The van der Waals surface area contributed by atoms with Crippen LogP contribution >= 0.6 is 0 Å². The fourth-order valence-electron chi connectivity index (χ4n) is 4.86. The predicted octanol–water partition coefficient (Wildman–Crippen LogP) is 6.49. The summed E-state index contributed by atoms with van der Waals surface area (Å²) in [6, 6.07) is 33.4. The molecule has 3 aromatic carbocycles. The Hall–Kier alpha value is -5.10. The molecule has 6 nitrogen and oxygen atoms in total. The Labute approximate surface area is 207 Å². The maximum Gasteiger partial charge on any atom is 0.168 e. The Balaban J connectivity index is 1.39. The second-order valence-corrected chi connectivity index (χ2v) is 8.54. The van der Waals surface area contributed by atoms with Gasteiger partial charge in [-0.05, 0) is 60.7 Å². The molecule has 0 fully saturated rings. The number of rotatable bonds is 4. The molecule has 0 saturated carbocycles. The van der Waals surface area contributed by atoms with E-state index in [-0.39, 0.29) is 0 Å². The van der Waals surface area contributed by atoms with Crippen LogP contribution in [0, 0.1) is 0 Å². The first-order valence-corrected chi connectivity index (χ1v) is 11.7. The van der Waals surface area contributed by atoms with Gasteiger partial charge in [-0.2, -0.15) is 0 Å². The van der Waals surface area contributed by atoms with Gasteiger partial charge in [-0.15, -0.1) is 10.2 Å². The number of hydrogen-bond donors (Lipinski definition) is 0. The highest BCUT2D eigenvalue weighted by Gasteiger charge is 2.18. The minimum absolute atomic E-state index is 0.755. The highest BCUT2D eigenvalue weighted by Crippen LogP contribution is 2.33. The molecule has 0 aliphatic carbocycles. The van der Waals surface area contributed by atoms with Crippen molar-refractivity contribution in [2.45, 2.75) is 0 Å². The zero-order valence-electron chi connectivity index (χ0n) is 19.2. The SMILES string of the molecule is c1ccc2c(c1)c1ccccc1n2-c1ccc(-c2nnc(-c3ccncc3)n2-c2ccncc2)cc1. The van der Waals surface area contributed by atoms with Crippen molar-refractivity contribution in [3.8, 4) is 34.2 Å². The van der Waals surface area contributed by atoms with Crippen LogP contribution in [0.25, 0.3) is 56.0 Å². The minimum atomic E-state index is 0.755. The molecule has 7 aromatic rings. The second kappa shape index (κ2) is 8.29. The summed E-state index contributed by atoms with van der Waals surface area (Å²) in [5, 5.41) is 11.6. The van der Waals surface area contributed by atoms with E-state index in [2.05, 4.69) is 102 Å². The van der Waals surface area contributed by atoms with Crippen LogP contribution in [0.1, 0.15) is 0 Å². The molecule has 4 aromatic heterocycles. The molecule has 36 heavy (non-hydrogen) atoms.